The predicted octanol–water partition coefficient (Wildman–Crippen LogP) is 0.454. The van der Waals surface area contributed by atoms with E-state index in [1.807, 2.05) is 13.8 Å². The lowest BCUT2D eigenvalue weighted by atomic mass is 9.78. The van der Waals surface area contributed by atoms with Gasteiger partial charge in [0.15, 0.2) is 0 Å². The van der Waals surface area contributed by atoms with Gasteiger partial charge in [0.25, 0.3) is 0 Å². The molecule has 1 fully saturated rings. The lowest BCUT2D eigenvalue weighted by Crippen LogP contribution is -2.54. The Balaban J connectivity index is 2.92. The van der Waals surface area contributed by atoms with E-state index >= 15 is 0 Å². The molecule has 0 aromatic rings. The van der Waals surface area contributed by atoms with Gasteiger partial charge in [0.05, 0.1) is 5.41 Å². The van der Waals surface area contributed by atoms with Crippen molar-refractivity contribution in [2.75, 3.05) is 26.3 Å². The molecule has 0 aliphatic carbocycles. The number of hydrogen-bond donors (Lipinski definition) is 2. The molecule has 3 N–H and O–H groups in total. The van der Waals surface area contributed by atoms with Gasteiger partial charge in [-0.1, -0.05) is 6.92 Å². The highest BCUT2D eigenvalue weighted by atomic mass is 16.5. The quantitative estimate of drug-likeness (QED) is 0.732. The number of hydrogen-bond acceptors (Lipinski definition) is 4. The molecule has 19 heavy (non-hydrogen) atoms. The molecule has 0 saturated carbocycles. The first kappa shape index (κ1) is 15.9. The number of ether oxygens (including phenoxy) is 1. The van der Waals surface area contributed by atoms with E-state index in [1.165, 1.54) is 4.90 Å². The molecule has 1 aliphatic rings. The number of carboxylic acids is 1. The van der Waals surface area contributed by atoms with E-state index in [9.17, 15) is 9.59 Å². The molecular formula is C13H24N2O4. The summed E-state index contributed by atoms with van der Waals surface area (Å²) in [7, 11) is 0. The van der Waals surface area contributed by atoms with Crippen molar-refractivity contribution < 1.29 is 19.4 Å². The molecule has 1 amide bonds. The average molecular weight is 272 g/mol. The maximum Gasteiger partial charge on any atom is 0.323 e. The normalized spacial score (nSPS) is 19.7. The van der Waals surface area contributed by atoms with Crippen molar-refractivity contribution in [1.29, 1.82) is 0 Å². The second-order valence-electron chi connectivity index (χ2n) is 5.18. The van der Waals surface area contributed by atoms with Crippen molar-refractivity contribution in [3.8, 4) is 0 Å². The van der Waals surface area contributed by atoms with E-state index in [-0.39, 0.29) is 25.0 Å². The van der Waals surface area contributed by atoms with Crippen LogP contribution in [-0.2, 0) is 14.3 Å². The molecule has 0 spiro atoms. The summed E-state index contributed by atoms with van der Waals surface area (Å²) in [6, 6.07) is -0.102. The third-order valence-electron chi connectivity index (χ3n) is 3.98. The standard InChI is InChI=1S/C13H24N2O4/c1-3-10(2)15(8-11(16)17)12(18)13(9-14)4-6-19-7-5-13/h10H,3-9,14H2,1-2H3,(H,16,17). The Morgan fingerprint density at radius 1 is 1.42 bits per heavy atom. The first-order valence-electron chi connectivity index (χ1n) is 6.77. The summed E-state index contributed by atoms with van der Waals surface area (Å²) in [6.07, 6.45) is 1.85. The third-order valence-corrected chi connectivity index (χ3v) is 3.98. The van der Waals surface area contributed by atoms with E-state index in [0.29, 0.717) is 26.1 Å². The maximum absolute atomic E-state index is 12.7. The zero-order valence-electron chi connectivity index (χ0n) is 11.7. The van der Waals surface area contributed by atoms with Gasteiger partial charge in [-0.2, -0.15) is 0 Å². The van der Waals surface area contributed by atoms with Crippen LogP contribution in [0.5, 0.6) is 0 Å². The SMILES string of the molecule is CCC(C)N(CC(=O)O)C(=O)C1(CN)CCOCC1. The summed E-state index contributed by atoms with van der Waals surface area (Å²) in [5.74, 6) is -1.14. The van der Waals surface area contributed by atoms with Crippen LogP contribution in [0.2, 0.25) is 0 Å². The van der Waals surface area contributed by atoms with Gasteiger partial charge in [0.1, 0.15) is 6.54 Å². The van der Waals surface area contributed by atoms with Gasteiger partial charge in [-0.15, -0.1) is 0 Å². The Morgan fingerprint density at radius 3 is 2.42 bits per heavy atom. The molecule has 6 nitrogen and oxygen atoms in total. The number of amides is 1. The minimum absolute atomic E-state index is 0.102. The van der Waals surface area contributed by atoms with Crippen LogP contribution in [0.25, 0.3) is 0 Å². The Kier molecular flexibility index (Phi) is 5.75. The molecular weight excluding hydrogens is 248 g/mol. The van der Waals surface area contributed by atoms with Crippen molar-refractivity contribution in [1.82, 2.24) is 4.90 Å². The summed E-state index contributed by atoms with van der Waals surface area (Å²) in [4.78, 5) is 25.1. The highest BCUT2D eigenvalue weighted by molar-refractivity contribution is 5.86. The lowest BCUT2D eigenvalue weighted by Gasteiger charge is -2.40. The summed E-state index contributed by atoms with van der Waals surface area (Å²) in [5.41, 5.74) is 5.14. The molecule has 1 heterocycles. The Labute approximate surface area is 113 Å². The van der Waals surface area contributed by atoms with Crippen LogP contribution >= 0.6 is 0 Å². The fourth-order valence-electron chi connectivity index (χ4n) is 2.37. The molecule has 0 radical (unpaired) electrons. The van der Waals surface area contributed by atoms with E-state index in [4.69, 9.17) is 15.6 Å². The van der Waals surface area contributed by atoms with E-state index in [1.54, 1.807) is 0 Å². The highest BCUT2D eigenvalue weighted by Crippen LogP contribution is 2.32. The number of nitrogens with zero attached hydrogens (tertiary/aromatic N) is 1. The van der Waals surface area contributed by atoms with Gasteiger partial charge in [-0.05, 0) is 26.2 Å². The third kappa shape index (κ3) is 3.67. The zero-order valence-corrected chi connectivity index (χ0v) is 11.7. The van der Waals surface area contributed by atoms with Crippen molar-refractivity contribution in [2.24, 2.45) is 11.1 Å². The van der Waals surface area contributed by atoms with Gasteiger partial charge >= 0.3 is 5.97 Å². The summed E-state index contributed by atoms with van der Waals surface area (Å²) in [6.45, 7) is 4.78. The Bertz CT molecular complexity index is 327. The number of carbonyl (C=O) groups excluding carboxylic acids is 1. The van der Waals surface area contributed by atoms with Crippen molar-refractivity contribution in [3.05, 3.63) is 0 Å². The summed E-state index contributed by atoms with van der Waals surface area (Å²) in [5, 5.41) is 8.98. The summed E-state index contributed by atoms with van der Waals surface area (Å²) < 4.78 is 5.28. The van der Waals surface area contributed by atoms with E-state index in [2.05, 4.69) is 0 Å². The number of aliphatic carboxylic acids is 1. The largest absolute Gasteiger partial charge is 0.480 e. The molecule has 6 heteroatoms. The van der Waals surface area contributed by atoms with Gasteiger partial charge in [0.2, 0.25) is 5.91 Å². The first-order valence-corrected chi connectivity index (χ1v) is 6.77. The minimum atomic E-state index is -0.993. The Morgan fingerprint density at radius 2 is 2.00 bits per heavy atom. The van der Waals surface area contributed by atoms with Crippen molar-refractivity contribution in [2.45, 2.75) is 39.2 Å². The molecule has 1 atom stereocenters. The smallest absolute Gasteiger partial charge is 0.323 e. The van der Waals surface area contributed by atoms with E-state index < -0.39 is 11.4 Å². The molecule has 0 aromatic carbocycles. The van der Waals surface area contributed by atoms with Crippen LogP contribution in [-0.4, -0.2) is 54.2 Å². The fraction of sp³-hybridized carbons (Fsp3) is 0.846. The maximum atomic E-state index is 12.7. The number of rotatable bonds is 6. The molecule has 1 unspecified atom stereocenters. The van der Waals surface area contributed by atoms with Gasteiger partial charge in [-0.3, -0.25) is 9.59 Å². The topological polar surface area (TPSA) is 92.9 Å². The lowest BCUT2D eigenvalue weighted by molar-refractivity contribution is -0.155. The highest BCUT2D eigenvalue weighted by Gasteiger charge is 2.42. The van der Waals surface area contributed by atoms with Crippen LogP contribution in [0.1, 0.15) is 33.1 Å². The fourth-order valence-corrected chi connectivity index (χ4v) is 2.37. The monoisotopic (exact) mass is 272 g/mol. The predicted molar refractivity (Wildman–Crippen MR) is 70.6 cm³/mol. The second kappa shape index (κ2) is 6.86. The molecule has 0 bridgehead atoms. The molecule has 1 saturated heterocycles. The van der Waals surface area contributed by atoms with Gasteiger partial charge in [-0.25, -0.2) is 0 Å². The molecule has 110 valence electrons. The van der Waals surface area contributed by atoms with E-state index in [0.717, 1.165) is 6.42 Å². The average Bonchev–Trinajstić information content (AvgIpc) is 2.43. The van der Waals surface area contributed by atoms with Gasteiger partial charge in [0, 0.05) is 25.8 Å². The van der Waals surface area contributed by atoms with Crippen LogP contribution < -0.4 is 5.73 Å². The van der Waals surface area contributed by atoms with Gasteiger partial charge < -0.3 is 20.5 Å². The van der Waals surface area contributed by atoms with Crippen LogP contribution in [0, 0.1) is 5.41 Å². The molecule has 1 rings (SSSR count). The Hall–Kier alpha value is -1.14. The summed E-state index contributed by atoms with van der Waals surface area (Å²) >= 11 is 0. The van der Waals surface area contributed by atoms with Crippen molar-refractivity contribution in [3.63, 3.8) is 0 Å². The van der Waals surface area contributed by atoms with Crippen molar-refractivity contribution >= 4 is 11.9 Å². The zero-order chi connectivity index (χ0) is 14.5. The van der Waals surface area contributed by atoms with Crippen LogP contribution in [0.4, 0.5) is 0 Å². The number of carboxylic acid groups (broad SMARTS) is 1. The number of carbonyl (C=O) groups is 2. The van der Waals surface area contributed by atoms with Crippen LogP contribution in [0.3, 0.4) is 0 Å². The van der Waals surface area contributed by atoms with Crippen LogP contribution in [0.15, 0.2) is 0 Å². The molecule has 0 aromatic heterocycles. The number of nitrogens with two attached hydrogens (primary N) is 1. The molecule has 1 aliphatic heterocycles. The first-order chi connectivity index (χ1) is 8.96. The second-order valence-corrected chi connectivity index (χ2v) is 5.18. The minimum Gasteiger partial charge on any atom is -0.480 e.